The molecule has 160 valence electrons. The van der Waals surface area contributed by atoms with Crippen molar-refractivity contribution in [2.45, 2.75) is 32.2 Å². The summed E-state index contributed by atoms with van der Waals surface area (Å²) in [5.41, 5.74) is 4.68. The average Bonchev–Trinajstić information content (AvgIpc) is 3.29. The van der Waals surface area contributed by atoms with Crippen molar-refractivity contribution in [3.8, 4) is 11.3 Å². The third kappa shape index (κ3) is 4.57. The highest BCUT2D eigenvalue weighted by Gasteiger charge is 2.30. The van der Waals surface area contributed by atoms with E-state index in [1.165, 1.54) is 11.1 Å². The Balaban J connectivity index is 1.23. The number of amides is 1. The third-order valence-electron chi connectivity index (χ3n) is 6.77. The molecular weight excluding hydrogens is 386 g/mol. The van der Waals surface area contributed by atoms with Gasteiger partial charge in [-0.05, 0) is 55.3 Å². The number of nitrogens with zero attached hydrogens (tertiary/aromatic N) is 2. The molecule has 5 nitrogen and oxygen atoms in total. The molecule has 1 saturated heterocycles. The van der Waals surface area contributed by atoms with E-state index in [1.54, 1.807) is 0 Å². The van der Waals surface area contributed by atoms with E-state index in [2.05, 4.69) is 34.7 Å². The Labute approximate surface area is 183 Å². The summed E-state index contributed by atoms with van der Waals surface area (Å²) in [5.74, 6) is 1.86. The number of nitrogens with one attached hydrogen (secondary N) is 1. The summed E-state index contributed by atoms with van der Waals surface area (Å²) < 4.78 is 5.59. The molecule has 1 N–H and O–H groups in total. The van der Waals surface area contributed by atoms with Crippen molar-refractivity contribution in [1.82, 2.24) is 15.4 Å². The highest BCUT2D eigenvalue weighted by molar-refractivity contribution is 5.77. The van der Waals surface area contributed by atoms with Crippen molar-refractivity contribution in [2.75, 3.05) is 19.6 Å². The second kappa shape index (κ2) is 9.06. The second-order valence-electron chi connectivity index (χ2n) is 8.80. The molecule has 3 aromatic rings. The molecule has 1 amide bonds. The van der Waals surface area contributed by atoms with Crippen molar-refractivity contribution < 1.29 is 9.32 Å². The fourth-order valence-electron chi connectivity index (χ4n) is 4.96. The zero-order valence-electron chi connectivity index (χ0n) is 17.8. The number of carbonyl (C=O) groups excluding carboxylic acids is 1. The molecule has 0 aliphatic carbocycles. The topological polar surface area (TPSA) is 58.4 Å². The van der Waals surface area contributed by atoms with Crippen LogP contribution in [-0.2, 0) is 24.2 Å². The first-order valence-electron chi connectivity index (χ1n) is 11.3. The minimum Gasteiger partial charge on any atom is -0.356 e. The van der Waals surface area contributed by atoms with Gasteiger partial charge in [-0.15, -0.1) is 0 Å². The van der Waals surface area contributed by atoms with Gasteiger partial charge in [0.15, 0.2) is 5.76 Å². The molecule has 2 aromatic carbocycles. The molecule has 0 radical (unpaired) electrons. The van der Waals surface area contributed by atoms with Crippen molar-refractivity contribution >= 4 is 5.91 Å². The molecule has 3 heterocycles. The maximum Gasteiger partial charge on any atom is 0.223 e. The van der Waals surface area contributed by atoms with Gasteiger partial charge in [0.1, 0.15) is 0 Å². The number of carbonyl (C=O) groups is 1. The van der Waals surface area contributed by atoms with Crippen LogP contribution < -0.4 is 5.32 Å². The van der Waals surface area contributed by atoms with E-state index in [0.717, 1.165) is 62.5 Å². The molecule has 0 spiro atoms. The Morgan fingerprint density at radius 2 is 1.87 bits per heavy atom. The number of fused-ring (bicyclic) bond motifs is 1. The molecule has 1 aromatic heterocycles. The van der Waals surface area contributed by atoms with Gasteiger partial charge < -0.3 is 14.7 Å². The van der Waals surface area contributed by atoms with Gasteiger partial charge in [-0.25, -0.2) is 0 Å². The fraction of sp³-hybridized carbons (Fsp3) is 0.385. The lowest BCUT2D eigenvalue weighted by atomic mass is 9.80. The largest absolute Gasteiger partial charge is 0.356 e. The molecule has 5 heteroatoms. The normalized spacial score (nSPS) is 21.0. The predicted octanol–water partition coefficient (Wildman–Crippen LogP) is 4.08. The predicted molar refractivity (Wildman–Crippen MR) is 120 cm³/mol. The number of rotatable bonds is 5. The molecule has 1 fully saturated rings. The van der Waals surface area contributed by atoms with Crippen LogP contribution in [0.1, 0.15) is 29.7 Å². The van der Waals surface area contributed by atoms with Gasteiger partial charge in [0.2, 0.25) is 5.91 Å². The number of piperidine rings is 1. The van der Waals surface area contributed by atoms with E-state index >= 15 is 0 Å². The molecule has 0 saturated carbocycles. The van der Waals surface area contributed by atoms with E-state index in [1.807, 2.05) is 41.3 Å². The maximum atomic E-state index is 13.1. The van der Waals surface area contributed by atoms with E-state index < -0.39 is 0 Å². The van der Waals surface area contributed by atoms with Crippen LogP contribution in [0.4, 0.5) is 0 Å². The molecule has 0 bridgehead atoms. The average molecular weight is 416 g/mol. The van der Waals surface area contributed by atoms with Crippen LogP contribution >= 0.6 is 0 Å². The van der Waals surface area contributed by atoms with E-state index in [9.17, 15) is 4.79 Å². The molecule has 2 unspecified atom stereocenters. The lowest BCUT2D eigenvalue weighted by molar-refractivity contribution is -0.133. The minimum absolute atomic E-state index is 0.288. The van der Waals surface area contributed by atoms with Crippen LogP contribution in [-0.4, -0.2) is 35.6 Å². The van der Waals surface area contributed by atoms with Crippen LogP contribution in [0.5, 0.6) is 0 Å². The quantitative estimate of drug-likeness (QED) is 0.682. The number of hydrogen-bond donors (Lipinski definition) is 1. The summed E-state index contributed by atoms with van der Waals surface area (Å²) in [6.07, 6.45) is 3.45. The Morgan fingerprint density at radius 1 is 1.06 bits per heavy atom. The first kappa shape index (κ1) is 20.0. The summed E-state index contributed by atoms with van der Waals surface area (Å²) in [4.78, 5) is 15.2. The molecular formula is C26H29N3O2. The molecule has 31 heavy (non-hydrogen) atoms. The van der Waals surface area contributed by atoms with Crippen LogP contribution in [0, 0.1) is 11.8 Å². The zero-order chi connectivity index (χ0) is 21.0. The first-order valence-corrected chi connectivity index (χ1v) is 11.3. The molecule has 2 aliphatic rings. The van der Waals surface area contributed by atoms with Crippen LogP contribution in [0.25, 0.3) is 11.3 Å². The van der Waals surface area contributed by atoms with Crippen molar-refractivity contribution in [2.24, 2.45) is 11.8 Å². The summed E-state index contributed by atoms with van der Waals surface area (Å²) in [5, 5.41) is 7.82. The summed E-state index contributed by atoms with van der Waals surface area (Å²) in [6.45, 7) is 3.48. The van der Waals surface area contributed by atoms with Gasteiger partial charge in [-0.1, -0.05) is 59.8 Å². The monoisotopic (exact) mass is 415 g/mol. The Kier molecular flexibility index (Phi) is 5.85. The highest BCUT2D eigenvalue weighted by Crippen LogP contribution is 2.29. The van der Waals surface area contributed by atoms with E-state index in [-0.39, 0.29) is 5.91 Å². The first-order chi connectivity index (χ1) is 15.3. The van der Waals surface area contributed by atoms with Crippen molar-refractivity contribution in [3.05, 3.63) is 77.5 Å². The maximum absolute atomic E-state index is 13.1. The van der Waals surface area contributed by atoms with E-state index in [4.69, 9.17) is 4.52 Å². The smallest absolute Gasteiger partial charge is 0.223 e. The number of benzene rings is 2. The van der Waals surface area contributed by atoms with Crippen LogP contribution in [0.2, 0.25) is 0 Å². The minimum atomic E-state index is 0.288. The summed E-state index contributed by atoms with van der Waals surface area (Å²) in [6, 6.07) is 20.6. The summed E-state index contributed by atoms with van der Waals surface area (Å²) >= 11 is 0. The van der Waals surface area contributed by atoms with Crippen LogP contribution in [0.15, 0.2) is 65.2 Å². The van der Waals surface area contributed by atoms with Gasteiger partial charge in [-0.2, -0.15) is 0 Å². The highest BCUT2D eigenvalue weighted by atomic mass is 16.5. The van der Waals surface area contributed by atoms with Crippen molar-refractivity contribution in [3.63, 3.8) is 0 Å². The summed E-state index contributed by atoms with van der Waals surface area (Å²) in [7, 11) is 0. The molecule has 2 aliphatic heterocycles. The van der Waals surface area contributed by atoms with Gasteiger partial charge in [0, 0.05) is 31.1 Å². The van der Waals surface area contributed by atoms with Gasteiger partial charge in [0.05, 0.1) is 5.69 Å². The Morgan fingerprint density at radius 3 is 2.74 bits per heavy atom. The van der Waals surface area contributed by atoms with Crippen LogP contribution in [0.3, 0.4) is 0 Å². The fourth-order valence-corrected chi connectivity index (χ4v) is 4.96. The standard InChI is InChI=1S/C26H29N3O2/c30-26(29-13-11-19-6-4-5-9-22(19)18-29)15-21-10-12-27-17-23(21)14-24-16-25(31-28-24)20-7-2-1-3-8-20/h1-9,16,21,23,27H,10-15,17-18H2. The van der Waals surface area contributed by atoms with Gasteiger partial charge in [0.25, 0.3) is 0 Å². The molecule has 5 rings (SSSR count). The Hall–Kier alpha value is -2.92. The number of hydrogen-bond acceptors (Lipinski definition) is 4. The second-order valence-corrected chi connectivity index (χ2v) is 8.80. The molecule has 2 atom stereocenters. The van der Waals surface area contributed by atoms with Crippen molar-refractivity contribution in [1.29, 1.82) is 0 Å². The third-order valence-corrected chi connectivity index (χ3v) is 6.77. The van der Waals surface area contributed by atoms with Gasteiger partial charge >= 0.3 is 0 Å². The zero-order valence-corrected chi connectivity index (χ0v) is 17.8. The number of aromatic nitrogens is 1. The Bertz CT molecular complexity index is 1030. The van der Waals surface area contributed by atoms with E-state index in [0.29, 0.717) is 18.3 Å². The lowest BCUT2D eigenvalue weighted by Gasteiger charge is -2.34. The van der Waals surface area contributed by atoms with Gasteiger partial charge in [-0.3, -0.25) is 4.79 Å². The lowest BCUT2D eigenvalue weighted by Crippen LogP contribution is -2.42. The SMILES string of the molecule is O=C(CC1CCNCC1Cc1cc(-c2ccccc2)on1)N1CCc2ccccc2C1.